The van der Waals surface area contributed by atoms with Crippen LogP contribution in [0.25, 0.3) is 10.1 Å². The smallest absolute Gasteiger partial charge is 0.263 e. The molecule has 6 nitrogen and oxygen atoms in total. The number of hydrazone groups is 1. The number of carbonyl (C=O) groups is 2. The lowest BCUT2D eigenvalue weighted by Gasteiger charge is -2.06. The highest BCUT2D eigenvalue weighted by Gasteiger charge is 2.17. The van der Waals surface area contributed by atoms with E-state index in [4.69, 9.17) is 16.3 Å². The zero-order valence-corrected chi connectivity index (χ0v) is 16.6. The van der Waals surface area contributed by atoms with Crippen LogP contribution >= 0.6 is 22.9 Å². The van der Waals surface area contributed by atoms with Gasteiger partial charge < -0.3 is 10.1 Å². The highest BCUT2D eigenvalue weighted by atomic mass is 35.5. The summed E-state index contributed by atoms with van der Waals surface area (Å²) in [5.41, 5.74) is 3.12. The molecule has 0 saturated heterocycles. The van der Waals surface area contributed by atoms with E-state index in [9.17, 15) is 9.59 Å². The lowest BCUT2D eigenvalue weighted by Crippen LogP contribution is -2.34. The molecule has 0 fully saturated rings. The van der Waals surface area contributed by atoms with Crippen LogP contribution < -0.4 is 15.5 Å². The van der Waals surface area contributed by atoms with Crippen molar-refractivity contribution >= 4 is 51.1 Å². The zero-order valence-electron chi connectivity index (χ0n) is 15.1. The van der Waals surface area contributed by atoms with Crippen molar-refractivity contribution in [1.29, 1.82) is 0 Å². The molecule has 0 radical (unpaired) electrons. The van der Waals surface area contributed by atoms with E-state index < -0.39 is 11.8 Å². The van der Waals surface area contributed by atoms with Crippen LogP contribution in [0.5, 0.6) is 5.75 Å². The second-order valence-electron chi connectivity index (χ2n) is 5.69. The Balaban J connectivity index is 1.55. The molecule has 2 amide bonds. The fourth-order valence-electron chi connectivity index (χ4n) is 2.49. The summed E-state index contributed by atoms with van der Waals surface area (Å²) in [6.45, 7) is 2.21. The number of hydrogen-bond donors (Lipinski definition) is 2. The van der Waals surface area contributed by atoms with Crippen molar-refractivity contribution < 1.29 is 14.3 Å². The van der Waals surface area contributed by atoms with E-state index in [2.05, 4.69) is 15.8 Å². The number of ether oxygens (including phenoxy) is 1. The topological polar surface area (TPSA) is 79.8 Å². The van der Waals surface area contributed by atoms with Crippen LogP contribution in [0.15, 0.2) is 53.6 Å². The molecule has 28 heavy (non-hydrogen) atoms. The van der Waals surface area contributed by atoms with Gasteiger partial charge in [0, 0.05) is 15.6 Å². The van der Waals surface area contributed by atoms with Gasteiger partial charge in [-0.2, -0.15) is 5.10 Å². The molecule has 0 unspecified atom stereocenters. The quantitative estimate of drug-likeness (QED) is 0.454. The lowest BCUT2D eigenvalue weighted by atomic mass is 10.2. The Morgan fingerprint density at radius 3 is 2.71 bits per heavy atom. The maximum atomic E-state index is 12.3. The maximum Gasteiger partial charge on any atom is 0.263 e. The molecule has 1 aromatic heterocycles. The average Bonchev–Trinajstić information content (AvgIpc) is 3.05. The lowest BCUT2D eigenvalue weighted by molar-refractivity contribution is -0.120. The minimum absolute atomic E-state index is 0.214. The van der Waals surface area contributed by atoms with Crippen molar-refractivity contribution in [2.75, 3.05) is 13.2 Å². The number of rotatable bonds is 7. The standard InChI is InChI=1S/C20H18ClN3O3S/c1-2-27-15-9-5-3-7-13(15)11-23-24-17(25)12-22-20(26)19-18(21)14-8-4-6-10-16(14)28-19/h3-11H,2,12H2,1H3,(H,22,26)(H,24,25)/b23-11-. The first-order valence-electron chi connectivity index (χ1n) is 8.59. The molecule has 3 rings (SSSR count). The van der Waals surface area contributed by atoms with E-state index in [1.54, 1.807) is 0 Å². The van der Waals surface area contributed by atoms with Gasteiger partial charge in [-0.15, -0.1) is 11.3 Å². The molecule has 0 saturated carbocycles. The SMILES string of the molecule is CCOc1ccccc1/C=N\NC(=O)CNC(=O)c1sc2ccccc2c1Cl. The Labute approximate surface area is 171 Å². The number of benzene rings is 2. The van der Waals surface area contributed by atoms with E-state index in [0.29, 0.717) is 22.3 Å². The predicted octanol–water partition coefficient (Wildman–Crippen LogP) is 3.83. The van der Waals surface area contributed by atoms with Gasteiger partial charge in [0.1, 0.15) is 10.6 Å². The highest BCUT2D eigenvalue weighted by molar-refractivity contribution is 7.21. The van der Waals surface area contributed by atoms with Gasteiger partial charge in [0.2, 0.25) is 0 Å². The molecule has 2 aromatic carbocycles. The average molecular weight is 416 g/mol. The second kappa shape index (κ2) is 9.34. The molecule has 0 bridgehead atoms. The molecule has 0 aliphatic rings. The molecule has 0 aliphatic heterocycles. The largest absolute Gasteiger partial charge is 0.493 e. The second-order valence-corrected chi connectivity index (χ2v) is 7.12. The van der Waals surface area contributed by atoms with Crippen molar-refractivity contribution in [2.45, 2.75) is 6.92 Å². The third-order valence-corrected chi connectivity index (χ3v) is 5.44. The number of thiophene rings is 1. The van der Waals surface area contributed by atoms with Gasteiger partial charge in [-0.1, -0.05) is 41.9 Å². The summed E-state index contributed by atoms with van der Waals surface area (Å²) in [4.78, 5) is 24.6. The molecule has 2 N–H and O–H groups in total. The predicted molar refractivity (Wildman–Crippen MR) is 113 cm³/mol. The van der Waals surface area contributed by atoms with Crippen LogP contribution in [0, 0.1) is 0 Å². The Kier molecular flexibility index (Phi) is 6.62. The molecule has 144 valence electrons. The van der Waals surface area contributed by atoms with Crippen molar-refractivity contribution in [1.82, 2.24) is 10.7 Å². The van der Waals surface area contributed by atoms with Gasteiger partial charge in [0.05, 0.1) is 24.4 Å². The number of hydrogen-bond acceptors (Lipinski definition) is 5. The van der Waals surface area contributed by atoms with Gasteiger partial charge in [0.15, 0.2) is 0 Å². The Morgan fingerprint density at radius 1 is 1.18 bits per heavy atom. The van der Waals surface area contributed by atoms with Crippen molar-refractivity contribution in [3.63, 3.8) is 0 Å². The van der Waals surface area contributed by atoms with E-state index in [0.717, 1.165) is 15.6 Å². The van der Waals surface area contributed by atoms with Gasteiger partial charge in [-0.3, -0.25) is 9.59 Å². The summed E-state index contributed by atoms with van der Waals surface area (Å²) in [5, 5.41) is 7.68. The number of halogens is 1. The molecule has 0 atom stereocenters. The summed E-state index contributed by atoms with van der Waals surface area (Å²) in [5.74, 6) is -0.168. The summed E-state index contributed by atoms with van der Waals surface area (Å²) < 4.78 is 6.40. The first kappa shape index (κ1) is 19.9. The van der Waals surface area contributed by atoms with Crippen LogP contribution in [0.1, 0.15) is 22.2 Å². The van der Waals surface area contributed by atoms with Crippen LogP contribution in [0.4, 0.5) is 0 Å². The van der Waals surface area contributed by atoms with Crippen molar-refractivity contribution in [2.24, 2.45) is 5.10 Å². The van der Waals surface area contributed by atoms with E-state index in [-0.39, 0.29) is 6.54 Å². The number of nitrogens with one attached hydrogen (secondary N) is 2. The first-order valence-corrected chi connectivity index (χ1v) is 9.78. The third-order valence-electron chi connectivity index (χ3n) is 3.76. The Morgan fingerprint density at radius 2 is 1.93 bits per heavy atom. The fourth-order valence-corrected chi connectivity index (χ4v) is 3.92. The summed E-state index contributed by atoms with van der Waals surface area (Å²) >= 11 is 7.56. The van der Waals surface area contributed by atoms with Crippen LogP contribution in [-0.4, -0.2) is 31.2 Å². The van der Waals surface area contributed by atoms with Crippen LogP contribution in [-0.2, 0) is 4.79 Å². The third kappa shape index (κ3) is 4.68. The molecule has 1 heterocycles. The normalized spacial score (nSPS) is 10.9. The number of nitrogens with zero attached hydrogens (tertiary/aromatic N) is 1. The zero-order chi connectivity index (χ0) is 19.9. The fraction of sp³-hybridized carbons (Fsp3) is 0.150. The Bertz CT molecular complexity index is 1030. The van der Waals surface area contributed by atoms with Gasteiger partial charge in [-0.05, 0) is 25.1 Å². The van der Waals surface area contributed by atoms with Gasteiger partial charge >= 0.3 is 0 Å². The molecule has 0 aliphatic carbocycles. The van der Waals surface area contributed by atoms with Gasteiger partial charge in [0.25, 0.3) is 11.8 Å². The Hall–Kier alpha value is -2.90. The van der Waals surface area contributed by atoms with Crippen LogP contribution in [0.2, 0.25) is 5.02 Å². The van der Waals surface area contributed by atoms with Crippen molar-refractivity contribution in [3.8, 4) is 5.75 Å². The molecule has 8 heteroatoms. The van der Waals surface area contributed by atoms with Crippen LogP contribution in [0.3, 0.4) is 0 Å². The van der Waals surface area contributed by atoms with E-state index >= 15 is 0 Å². The molecular formula is C20H18ClN3O3S. The molecule has 0 spiro atoms. The van der Waals surface area contributed by atoms with Gasteiger partial charge in [-0.25, -0.2) is 5.43 Å². The monoisotopic (exact) mass is 415 g/mol. The van der Waals surface area contributed by atoms with Crippen molar-refractivity contribution in [3.05, 3.63) is 64.0 Å². The minimum atomic E-state index is -0.448. The summed E-state index contributed by atoms with van der Waals surface area (Å²) in [7, 11) is 0. The molecular weight excluding hydrogens is 398 g/mol. The first-order chi connectivity index (χ1) is 13.6. The number of para-hydroxylation sites is 1. The van der Waals surface area contributed by atoms with E-state index in [1.807, 2.05) is 55.5 Å². The molecule has 3 aromatic rings. The summed E-state index contributed by atoms with van der Waals surface area (Å²) in [6, 6.07) is 14.8. The summed E-state index contributed by atoms with van der Waals surface area (Å²) in [6.07, 6.45) is 1.49. The number of carbonyl (C=O) groups excluding carboxylic acids is 2. The number of fused-ring (bicyclic) bond motifs is 1. The maximum absolute atomic E-state index is 12.3. The van der Waals surface area contributed by atoms with E-state index in [1.165, 1.54) is 17.6 Å². The minimum Gasteiger partial charge on any atom is -0.493 e. The number of amides is 2. The highest BCUT2D eigenvalue weighted by Crippen LogP contribution is 2.34.